The van der Waals surface area contributed by atoms with Gasteiger partial charge < -0.3 is 10.6 Å². The SMILES string of the molecule is CNC1(CC(=O)NC(C)c2sc(C)nc2C)CCCCC1. The number of hydrogen-bond donors (Lipinski definition) is 2. The largest absolute Gasteiger partial charge is 0.349 e. The Kier molecular flexibility index (Phi) is 5.38. The highest BCUT2D eigenvalue weighted by Gasteiger charge is 2.33. The van der Waals surface area contributed by atoms with E-state index in [0.717, 1.165) is 23.5 Å². The molecular weight excluding hydrogens is 282 g/mol. The van der Waals surface area contributed by atoms with Crippen molar-refractivity contribution in [1.29, 1.82) is 0 Å². The molecule has 1 aromatic heterocycles. The molecule has 1 fully saturated rings. The Labute approximate surface area is 131 Å². The highest BCUT2D eigenvalue weighted by molar-refractivity contribution is 7.11. The molecule has 21 heavy (non-hydrogen) atoms. The predicted octanol–water partition coefficient (Wildman–Crippen LogP) is 3.25. The van der Waals surface area contributed by atoms with Gasteiger partial charge in [0.15, 0.2) is 0 Å². The molecule has 118 valence electrons. The lowest BCUT2D eigenvalue weighted by atomic mass is 9.79. The Bertz CT molecular complexity index is 492. The fourth-order valence-electron chi connectivity index (χ4n) is 3.36. The number of nitrogens with zero attached hydrogens (tertiary/aromatic N) is 1. The summed E-state index contributed by atoms with van der Waals surface area (Å²) in [5.41, 5.74) is 1.03. The zero-order valence-electron chi connectivity index (χ0n) is 13.6. The summed E-state index contributed by atoms with van der Waals surface area (Å²) in [6.45, 7) is 6.07. The molecule has 0 radical (unpaired) electrons. The van der Waals surface area contributed by atoms with Crippen LogP contribution in [0.25, 0.3) is 0 Å². The Hall–Kier alpha value is -0.940. The monoisotopic (exact) mass is 309 g/mol. The first-order valence-corrected chi connectivity index (χ1v) is 8.69. The Balaban J connectivity index is 1.96. The van der Waals surface area contributed by atoms with Crippen LogP contribution < -0.4 is 10.6 Å². The molecular formula is C16H27N3OS. The van der Waals surface area contributed by atoms with Gasteiger partial charge in [0.2, 0.25) is 5.91 Å². The number of amides is 1. The van der Waals surface area contributed by atoms with E-state index in [0.29, 0.717) is 6.42 Å². The van der Waals surface area contributed by atoms with Crippen molar-refractivity contribution in [3.05, 3.63) is 15.6 Å². The molecule has 1 aliphatic carbocycles. The highest BCUT2D eigenvalue weighted by atomic mass is 32.1. The minimum Gasteiger partial charge on any atom is -0.349 e. The van der Waals surface area contributed by atoms with E-state index < -0.39 is 0 Å². The number of aryl methyl sites for hydroxylation is 2. The molecule has 5 heteroatoms. The van der Waals surface area contributed by atoms with Crippen LogP contribution in [0, 0.1) is 13.8 Å². The van der Waals surface area contributed by atoms with Crippen LogP contribution in [0.1, 0.15) is 67.1 Å². The zero-order chi connectivity index (χ0) is 15.5. The van der Waals surface area contributed by atoms with Gasteiger partial charge in [0, 0.05) is 16.8 Å². The van der Waals surface area contributed by atoms with Crippen LogP contribution >= 0.6 is 11.3 Å². The molecule has 0 saturated heterocycles. The summed E-state index contributed by atoms with van der Waals surface area (Å²) >= 11 is 1.67. The van der Waals surface area contributed by atoms with E-state index in [1.165, 1.54) is 24.1 Å². The zero-order valence-corrected chi connectivity index (χ0v) is 14.4. The van der Waals surface area contributed by atoms with E-state index in [1.807, 2.05) is 27.8 Å². The van der Waals surface area contributed by atoms with Crippen molar-refractivity contribution in [2.75, 3.05) is 7.05 Å². The maximum atomic E-state index is 12.4. The lowest BCUT2D eigenvalue weighted by Gasteiger charge is -2.37. The van der Waals surface area contributed by atoms with Gasteiger partial charge in [-0.15, -0.1) is 11.3 Å². The lowest BCUT2D eigenvalue weighted by Crippen LogP contribution is -2.48. The first kappa shape index (κ1) is 16.4. The van der Waals surface area contributed by atoms with Crippen molar-refractivity contribution < 1.29 is 4.79 Å². The van der Waals surface area contributed by atoms with Gasteiger partial charge in [-0.2, -0.15) is 0 Å². The van der Waals surface area contributed by atoms with Crippen molar-refractivity contribution in [3.63, 3.8) is 0 Å². The first-order valence-electron chi connectivity index (χ1n) is 7.88. The molecule has 2 rings (SSSR count). The molecule has 0 aromatic carbocycles. The maximum Gasteiger partial charge on any atom is 0.222 e. The van der Waals surface area contributed by atoms with Gasteiger partial charge in [-0.25, -0.2) is 4.98 Å². The van der Waals surface area contributed by atoms with E-state index in [4.69, 9.17) is 0 Å². The summed E-state index contributed by atoms with van der Waals surface area (Å²) in [6, 6.07) is 0.0428. The molecule has 0 spiro atoms. The summed E-state index contributed by atoms with van der Waals surface area (Å²) in [5, 5.41) is 7.61. The Morgan fingerprint density at radius 1 is 1.33 bits per heavy atom. The van der Waals surface area contributed by atoms with E-state index >= 15 is 0 Å². The second-order valence-electron chi connectivity index (χ2n) is 6.24. The lowest BCUT2D eigenvalue weighted by molar-refractivity contribution is -0.123. The van der Waals surface area contributed by atoms with E-state index in [1.54, 1.807) is 11.3 Å². The molecule has 1 aliphatic rings. The summed E-state index contributed by atoms with van der Waals surface area (Å²) in [7, 11) is 1.98. The summed E-state index contributed by atoms with van der Waals surface area (Å²) < 4.78 is 0. The molecule has 2 N–H and O–H groups in total. The van der Waals surface area contributed by atoms with Crippen LogP contribution in [0.4, 0.5) is 0 Å². The quantitative estimate of drug-likeness (QED) is 0.878. The standard InChI is InChI=1S/C16H27N3OS/c1-11-15(21-13(3)18-11)12(2)19-14(20)10-16(17-4)8-6-5-7-9-16/h12,17H,5-10H2,1-4H3,(H,19,20). The van der Waals surface area contributed by atoms with Crippen molar-refractivity contribution >= 4 is 17.2 Å². The minimum absolute atomic E-state index is 0.000709. The van der Waals surface area contributed by atoms with E-state index in [2.05, 4.69) is 15.6 Å². The first-order chi connectivity index (χ1) is 9.96. The second kappa shape index (κ2) is 6.88. The minimum atomic E-state index is 0.000709. The average Bonchev–Trinajstić information content (AvgIpc) is 2.78. The normalized spacial score (nSPS) is 19.2. The molecule has 1 heterocycles. The Morgan fingerprint density at radius 2 is 2.00 bits per heavy atom. The summed E-state index contributed by atoms with van der Waals surface area (Å²) in [6.07, 6.45) is 6.51. The van der Waals surface area contributed by atoms with Crippen molar-refractivity contribution in [2.24, 2.45) is 0 Å². The topological polar surface area (TPSA) is 54.0 Å². The highest BCUT2D eigenvalue weighted by Crippen LogP contribution is 2.31. The number of carbonyl (C=O) groups is 1. The van der Waals surface area contributed by atoms with Crippen molar-refractivity contribution in [1.82, 2.24) is 15.6 Å². The Morgan fingerprint density at radius 3 is 2.52 bits per heavy atom. The van der Waals surface area contributed by atoms with Crippen LogP contribution in [0.3, 0.4) is 0 Å². The number of nitrogens with one attached hydrogen (secondary N) is 2. The molecule has 1 aromatic rings. The fourth-order valence-corrected chi connectivity index (χ4v) is 4.29. The number of hydrogen-bond acceptors (Lipinski definition) is 4. The second-order valence-corrected chi connectivity index (χ2v) is 7.47. The molecule has 0 bridgehead atoms. The van der Waals surface area contributed by atoms with Crippen molar-refractivity contribution in [3.8, 4) is 0 Å². The van der Waals surface area contributed by atoms with Gasteiger partial charge in [-0.3, -0.25) is 4.79 Å². The number of carbonyl (C=O) groups excluding carboxylic acids is 1. The van der Waals surface area contributed by atoms with Crippen LogP contribution in [-0.2, 0) is 4.79 Å². The van der Waals surface area contributed by atoms with Crippen molar-refractivity contribution in [2.45, 2.75) is 70.9 Å². The van der Waals surface area contributed by atoms with Gasteiger partial charge in [0.25, 0.3) is 0 Å². The van der Waals surface area contributed by atoms with Crippen LogP contribution in [0.2, 0.25) is 0 Å². The van der Waals surface area contributed by atoms with Crippen LogP contribution in [0.15, 0.2) is 0 Å². The molecule has 0 aliphatic heterocycles. The predicted molar refractivity (Wildman–Crippen MR) is 87.6 cm³/mol. The van der Waals surface area contributed by atoms with Gasteiger partial charge in [-0.1, -0.05) is 19.3 Å². The fraction of sp³-hybridized carbons (Fsp3) is 0.750. The third-order valence-electron chi connectivity index (χ3n) is 4.55. The molecule has 1 amide bonds. The third kappa shape index (κ3) is 4.04. The summed E-state index contributed by atoms with van der Waals surface area (Å²) in [4.78, 5) is 18.0. The molecule has 4 nitrogen and oxygen atoms in total. The third-order valence-corrected chi connectivity index (χ3v) is 5.81. The van der Waals surface area contributed by atoms with E-state index in [9.17, 15) is 4.79 Å². The van der Waals surface area contributed by atoms with Gasteiger partial charge in [0.05, 0.1) is 16.7 Å². The smallest absolute Gasteiger partial charge is 0.222 e. The van der Waals surface area contributed by atoms with Gasteiger partial charge >= 0.3 is 0 Å². The maximum absolute atomic E-state index is 12.4. The molecule has 1 unspecified atom stereocenters. The molecule has 1 atom stereocenters. The number of aromatic nitrogens is 1. The summed E-state index contributed by atoms with van der Waals surface area (Å²) in [5.74, 6) is 0.143. The number of thiazole rings is 1. The van der Waals surface area contributed by atoms with E-state index in [-0.39, 0.29) is 17.5 Å². The van der Waals surface area contributed by atoms with Gasteiger partial charge in [-0.05, 0) is 40.7 Å². The number of rotatable bonds is 5. The van der Waals surface area contributed by atoms with Crippen LogP contribution in [0.5, 0.6) is 0 Å². The van der Waals surface area contributed by atoms with Gasteiger partial charge in [0.1, 0.15) is 0 Å². The molecule has 1 saturated carbocycles. The average molecular weight is 309 g/mol. The van der Waals surface area contributed by atoms with Crippen LogP contribution in [-0.4, -0.2) is 23.5 Å².